The van der Waals surface area contributed by atoms with Crippen LogP contribution in [0.1, 0.15) is 60.8 Å². The molecule has 1 atom stereocenters. The van der Waals surface area contributed by atoms with E-state index in [9.17, 15) is 0 Å². The van der Waals surface area contributed by atoms with E-state index in [1.165, 1.54) is 5.57 Å². The second-order valence-electron chi connectivity index (χ2n) is 6.02. The Hall–Kier alpha value is -0.380. The van der Waals surface area contributed by atoms with Crippen LogP contribution in [-0.4, -0.2) is 22.9 Å². The topological polar surface area (TPSA) is 38.7 Å². The molecule has 0 aliphatic carbocycles. The first kappa shape index (κ1) is 16.6. The fraction of sp³-hybridized carbons (Fsp3) is 0.857. The van der Waals surface area contributed by atoms with Crippen molar-refractivity contribution in [2.45, 2.75) is 72.0 Å². The summed E-state index contributed by atoms with van der Waals surface area (Å²) in [7, 11) is 0. The van der Waals surface area contributed by atoms with Gasteiger partial charge < -0.3 is 5.11 Å². The molecule has 0 aromatic carbocycles. The Morgan fingerprint density at radius 1 is 1.06 bits per heavy atom. The molecule has 17 heavy (non-hydrogen) atoms. The van der Waals surface area contributed by atoms with Crippen molar-refractivity contribution in [3.8, 4) is 0 Å². The van der Waals surface area contributed by atoms with Crippen molar-refractivity contribution in [1.29, 1.82) is 0 Å². The summed E-state index contributed by atoms with van der Waals surface area (Å²) < 4.78 is 0. The Kier molecular flexibility index (Phi) is 6.98. The quantitative estimate of drug-likeness (QED) is 0.422. The zero-order chi connectivity index (χ0) is 13.5. The summed E-state index contributed by atoms with van der Waals surface area (Å²) in [5.41, 5.74) is 0.550. The van der Waals surface area contributed by atoms with E-state index < -0.39 is 5.60 Å². The molecule has 0 heterocycles. The van der Waals surface area contributed by atoms with Crippen molar-refractivity contribution in [2.75, 3.05) is 6.61 Å². The SMILES string of the molecule is CC(C)=CCC[C@](C)(CCO)OOC(C)(C)C. The van der Waals surface area contributed by atoms with Gasteiger partial charge in [-0.15, -0.1) is 0 Å². The highest BCUT2D eigenvalue weighted by atomic mass is 17.2. The van der Waals surface area contributed by atoms with E-state index in [2.05, 4.69) is 19.9 Å². The Labute approximate surface area is 106 Å². The van der Waals surface area contributed by atoms with E-state index in [1.54, 1.807) is 0 Å². The number of hydrogen-bond acceptors (Lipinski definition) is 3. The predicted molar refractivity (Wildman–Crippen MR) is 70.7 cm³/mol. The third kappa shape index (κ3) is 9.33. The number of rotatable bonds is 7. The van der Waals surface area contributed by atoms with Crippen molar-refractivity contribution < 1.29 is 14.9 Å². The maximum absolute atomic E-state index is 9.09. The highest BCUT2D eigenvalue weighted by molar-refractivity contribution is 4.94. The van der Waals surface area contributed by atoms with E-state index in [0.717, 1.165) is 12.8 Å². The number of aliphatic hydroxyl groups is 1. The van der Waals surface area contributed by atoms with Gasteiger partial charge in [-0.2, -0.15) is 0 Å². The first-order valence-corrected chi connectivity index (χ1v) is 6.30. The normalized spacial score (nSPS) is 15.5. The number of aliphatic hydroxyl groups excluding tert-OH is 1. The zero-order valence-corrected chi connectivity index (χ0v) is 12.2. The minimum absolute atomic E-state index is 0.110. The molecule has 0 radical (unpaired) electrons. The van der Waals surface area contributed by atoms with Gasteiger partial charge in [-0.05, 0) is 54.4 Å². The van der Waals surface area contributed by atoms with Gasteiger partial charge in [0.05, 0.1) is 5.60 Å². The van der Waals surface area contributed by atoms with E-state index in [-0.39, 0.29) is 12.2 Å². The van der Waals surface area contributed by atoms with Gasteiger partial charge in [0.2, 0.25) is 0 Å². The number of allylic oxidation sites excluding steroid dienone is 2. The van der Waals surface area contributed by atoms with Crippen molar-refractivity contribution in [3.05, 3.63) is 11.6 Å². The molecule has 0 spiro atoms. The molecule has 0 saturated heterocycles. The van der Waals surface area contributed by atoms with Gasteiger partial charge in [-0.25, -0.2) is 9.78 Å². The smallest absolute Gasteiger partial charge is 0.103 e. The van der Waals surface area contributed by atoms with Crippen LogP contribution in [0.3, 0.4) is 0 Å². The molecule has 0 aliphatic rings. The van der Waals surface area contributed by atoms with E-state index in [4.69, 9.17) is 14.9 Å². The summed E-state index contributed by atoms with van der Waals surface area (Å²) in [6, 6.07) is 0. The molecule has 102 valence electrons. The molecule has 0 rings (SSSR count). The van der Waals surface area contributed by atoms with Gasteiger partial charge in [0.15, 0.2) is 0 Å². The minimum Gasteiger partial charge on any atom is -0.396 e. The van der Waals surface area contributed by atoms with Crippen LogP contribution < -0.4 is 0 Å². The van der Waals surface area contributed by atoms with Gasteiger partial charge in [-0.1, -0.05) is 11.6 Å². The average molecular weight is 244 g/mol. The van der Waals surface area contributed by atoms with Crippen LogP contribution in [0.2, 0.25) is 0 Å². The Balaban J connectivity index is 4.30. The van der Waals surface area contributed by atoms with Crippen LogP contribution in [0.15, 0.2) is 11.6 Å². The molecule has 3 nitrogen and oxygen atoms in total. The molecule has 0 aromatic heterocycles. The van der Waals surface area contributed by atoms with Gasteiger partial charge in [0.1, 0.15) is 5.60 Å². The molecule has 0 unspecified atom stereocenters. The summed E-state index contributed by atoms with van der Waals surface area (Å²) in [4.78, 5) is 10.9. The van der Waals surface area contributed by atoms with Gasteiger partial charge >= 0.3 is 0 Å². The monoisotopic (exact) mass is 244 g/mol. The van der Waals surface area contributed by atoms with E-state index >= 15 is 0 Å². The molecular formula is C14H28O3. The second kappa shape index (κ2) is 7.14. The third-order valence-corrected chi connectivity index (χ3v) is 2.36. The Morgan fingerprint density at radius 2 is 1.65 bits per heavy atom. The van der Waals surface area contributed by atoms with Gasteiger partial charge in [0.25, 0.3) is 0 Å². The molecule has 0 amide bonds. The van der Waals surface area contributed by atoms with Crippen LogP contribution in [0.4, 0.5) is 0 Å². The zero-order valence-electron chi connectivity index (χ0n) is 12.2. The van der Waals surface area contributed by atoms with Crippen LogP contribution in [0.25, 0.3) is 0 Å². The summed E-state index contributed by atoms with van der Waals surface area (Å²) in [6.45, 7) is 12.1. The highest BCUT2D eigenvalue weighted by Crippen LogP contribution is 2.25. The van der Waals surface area contributed by atoms with E-state index in [1.807, 2.05) is 27.7 Å². The Morgan fingerprint density at radius 3 is 2.06 bits per heavy atom. The van der Waals surface area contributed by atoms with Gasteiger partial charge in [-0.3, -0.25) is 0 Å². The predicted octanol–water partition coefficient (Wildman–Crippen LogP) is 3.62. The lowest BCUT2D eigenvalue weighted by molar-refractivity contribution is -0.403. The second-order valence-corrected chi connectivity index (χ2v) is 6.02. The van der Waals surface area contributed by atoms with Crippen LogP contribution in [-0.2, 0) is 9.78 Å². The van der Waals surface area contributed by atoms with Gasteiger partial charge in [0, 0.05) is 13.0 Å². The van der Waals surface area contributed by atoms with Crippen LogP contribution >= 0.6 is 0 Å². The van der Waals surface area contributed by atoms with Crippen molar-refractivity contribution >= 4 is 0 Å². The molecule has 1 N–H and O–H groups in total. The van der Waals surface area contributed by atoms with Crippen LogP contribution in [0.5, 0.6) is 0 Å². The molecule has 0 saturated carbocycles. The largest absolute Gasteiger partial charge is 0.396 e. The molecule has 0 fully saturated rings. The molecule has 0 aromatic rings. The molecular weight excluding hydrogens is 216 g/mol. The van der Waals surface area contributed by atoms with E-state index in [0.29, 0.717) is 6.42 Å². The van der Waals surface area contributed by atoms with Crippen LogP contribution in [0, 0.1) is 0 Å². The number of hydrogen-bond donors (Lipinski definition) is 1. The lowest BCUT2D eigenvalue weighted by atomic mass is 9.96. The van der Waals surface area contributed by atoms with Crippen molar-refractivity contribution in [3.63, 3.8) is 0 Å². The summed E-state index contributed by atoms with van der Waals surface area (Å²) in [5, 5.41) is 9.09. The molecule has 0 aliphatic heterocycles. The lowest BCUT2D eigenvalue weighted by Gasteiger charge is -2.31. The first-order valence-electron chi connectivity index (χ1n) is 6.30. The van der Waals surface area contributed by atoms with Crippen molar-refractivity contribution in [2.24, 2.45) is 0 Å². The molecule has 0 bridgehead atoms. The fourth-order valence-electron chi connectivity index (χ4n) is 1.34. The highest BCUT2D eigenvalue weighted by Gasteiger charge is 2.27. The summed E-state index contributed by atoms with van der Waals surface area (Å²) >= 11 is 0. The Bertz CT molecular complexity index is 236. The maximum Gasteiger partial charge on any atom is 0.103 e. The maximum atomic E-state index is 9.09. The third-order valence-electron chi connectivity index (χ3n) is 2.36. The summed E-state index contributed by atoms with van der Waals surface area (Å²) in [5.74, 6) is 0. The minimum atomic E-state index is -0.423. The summed E-state index contributed by atoms with van der Waals surface area (Å²) in [6.07, 6.45) is 4.54. The standard InChI is InChI=1S/C14H28O3/c1-12(2)8-7-9-14(6,10-11-15)17-16-13(3,4)5/h8,15H,7,9-11H2,1-6H3/t14-/m1/s1. The first-order chi connectivity index (χ1) is 7.68. The fourth-order valence-corrected chi connectivity index (χ4v) is 1.34. The molecule has 3 heteroatoms. The average Bonchev–Trinajstić information content (AvgIpc) is 2.14. The van der Waals surface area contributed by atoms with Crippen molar-refractivity contribution in [1.82, 2.24) is 0 Å². The lowest BCUT2D eigenvalue weighted by Crippen LogP contribution is -2.34.